The summed E-state index contributed by atoms with van der Waals surface area (Å²) in [7, 11) is 0. The molecule has 0 bridgehead atoms. The molecule has 0 atom stereocenters. The van der Waals surface area contributed by atoms with E-state index in [2.05, 4.69) is 4.98 Å². The van der Waals surface area contributed by atoms with E-state index in [1.54, 1.807) is 12.3 Å². The van der Waals surface area contributed by atoms with Crippen LogP contribution in [-0.4, -0.2) is 16.6 Å². The molecule has 0 spiro atoms. The summed E-state index contributed by atoms with van der Waals surface area (Å²) in [4.78, 5) is 14.8. The van der Waals surface area contributed by atoms with Crippen LogP contribution in [0.5, 0.6) is 0 Å². The Balaban J connectivity index is 2.90. The molecule has 1 heterocycles. The van der Waals surface area contributed by atoms with Gasteiger partial charge in [-0.15, -0.1) is 11.6 Å². The fourth-order valence-electron chi connectivity index (χ4n) is 0.701. The molecule has 0 radical (unpaired) electrons. The van der Waals surface area contributed by atoms with Crippen molar-refractivity contribution in [3.8, 4) is 0 Å². The first-order chi connectivity index (χ1) is 5.24. The van der Waals surface area contributed by atoms with E-state index < -0.39 is 0 Å². The minimum atomic E-state index is -0.133. The summed E-state index contributed by atoms with van der Waals surface area (Å²) in [5, 5.41) is 0. The largest absolute Gasteiger partial charge is 0.291 e. The number of aryl methyl sites for hydroxylation is 1. The van der Waals surface area contributed by atoms with Crippen molar-refractivity contribution < 1.29 is 4.79 Å². The highest BCUT2D eigenvalue weighted by Crippen LogP contribution is 2.00. The van der Waals surface area contributed by atoms with Crippen LogP contribution >= 0.6 is 11.6 Å². The Bertz CT molecular complexity index is 255. The molecule has 0 fully saturated rings. The normalized spacial score (nSPS) is 9.64. The summed E-state index contributed by atoms with van der Waals surface area (Å²) < 4.78 is 0. The van der Waals surface area contributed by atoms with E-state index in [1.165, 1.54) is 0 Å². The SMILES string of the molecule is Cc1ccc(C(=O)CCl)nc1. The molecule has 0 aliphatic carbocycles. The molecule has 0 saturated carbocycles. The van der Waals surface area contributed by atoms with Gasteiger partial charge in [-0.25, -0.2) is 0 Å². The number of carbonyl (C=O) groups excluding carboxylic acids is 1. The highest BCUT2D eigenvalue weighted by molar-refractivity contribution is 6.30. The van der Waals surface area contributed by atoms with Crippen molar-refractivity contribution in [2.75, 3.05) is 5.88 Å². The number of rotatable bonds is 2. The molecule has 0 aliphatic rings. The van der Waals surface area contributed by atoms with Crippen LogP contribution < -0.4 is 0 Å². The van der Waals surface area contributed by atoms with Crippen molar-refractivity contribution in [3.63, 3.8) is 0 Å². The average Bonchev–Trinajstić information content (AvgIpc) is 2.05. The second-order valence-corrected chi connectivity index (χ2v) is 2.54. The molecule has 1 rings (SSSR count). The number of pyridine rings is 1. The second-order valence-electron chi connectivity index (χ2n) is 2.28. The van der Waals surface area contributed by atoms with Gasteiger partial charge in [0, 0.05) is 6.20 Å². The van der Waals surface area contributed by atoms with Crippen LogP contribution in [0.25, 0.3) is 0 Å². The molecule has 0 aliphatic heterocycles. The third-order valence-corrected chi connectivity index (χ3v) is 1.56. The van der Waals surface area contributed by atoms with Gasteiger partial charge in [-0.05, 0) is 18.6 Å². The zero-order valence-corrected chi connectivity index (χ0v) is 6.93. The number of carbonyl (C=O) groups is 1. The highest BCUT2D eigenvalue weighted by atomic mass is 35.5. The Morgan fingerprint density at radius 2 is 2.36 bits per heavy atom. The van der Waals surface area contributed by atoms with Gasteiger partial charge in [0.25, 0.3) is 0 Å². The summed E-state index contributed by atoms with van der Waals surface area (Å²) in [5.41, 5.74) is 1.47. The molecule has 1 aromatic rings. The van der Waals surface area contributed by atoms with E-state index in [0.29, 0.717) is 5.69 Å². The van der Waals surface area contributed by atoms with Crippen molar-refractivity contribution in [2.24, 2.45) is 0 Å². The third kappa shape index (κ3) is 2.02. The van der Waals surface area contributed by atoms with E-state index in [1.807, 2.05) is 13.0 Å². The van der Waals surface area contributed by atoms with E-state index in [9.17, 15) is 4.79 Å². The molecule has 58 valence electrons. The first kappa shape index (κ1) is 8.21. The van der Waals surface area contributed by atoms with Gasteiger partial charge in [0.15, 0.2) is 5.78 Å². The summed E-state index contributed by atoms with van der Waals surface area (Å²) in [5.74, 6) is -0.137. The quantitative estimate of drug-likeness (QED) is 0.499. The van der Waals surface area contributed by atoms with Gasteiger partial charge >= 0.3 is 0 Å². The Morgan fingerprint density at radius 1 is 1.64 bits per heavy atom. The minimum absolute atomic E-state index is 0.00391. The van der Waals surface area contributed by atoms with Crippen molar-refractivity contribution in [1.29, 1.82) is 0 Å². The lowest BCUT2D eigenvalue weighted by atomic mass is 10.2. The number of ketones is 1. The number of Topliss-reactive ketones (excluding diaryl/α,β-unsaturated/α-hetero) is 1. The predicted molar refractivity (Wildman–Crippen MR) is 44.0 cm³/mol. The Hall–Kier alpha value is -0.890. The lowest BCUT2D eigenvalue weighted by molar-refractivity contribution is 0.101. The standard InChI is InChI=1S/C8H8ClNO/c1-6-2-3-7(10-5-6)8(11)4-9/h2-3,5H,4H2,1H3. The van der Waals surface area contributed by atoms with Crippen LogP contribution in [0.1, 0.15) is 16.1 Å². The molecule has 1 aromatic heterocycles. The fourth-order valence-corrected chi connectivity index (χ4v) is 0.838. The maximum Gasteiger partial charge on any atom is 0.195 e. The number of hydrogen-bond acceptors (Lipinski definition) is 2. The van der Waals surface area contributed by atoms with Gasteiger partial charge in [-0.3, -0.25) is 9.78 Å². The van der Waals surface area contributed by atoms with Crippen molar-refractivity contribution in [1.82, 2.24) is 4.98 Å². The van der Waals surface area contributed by atoms with Crippen molar-refractivity contribution in [2.45, 2.75) is 6.92 Å². The summed E-state index contributed by atoms with van der Waals surface area (Å²) in [6.45, 7) is 1.92. The number of hydrogen-bond donors (Lipinski definition) is 0. The van der Waals surface area contributed by atoms with E-state index in [4.69, 9.17) is 11.6 Å². The first-order valence-corrected chi connectivity index (χ1v) is 3.79. The van der Waals surface area contributed by atoms with Gasteiger partial charge in [-0.2, -0.15) is 0 Å². The zero-order valence-electron chi connectivity index (χ0n) is 6.17. The van der Waals surface area contributed by atoms with E-state index in [-0.39, 0.29) is 11.7 Å². The highest BCUT2D eigenvalue weighted by Gasteiger charge is 2.03. The predicted octanol–water partition coefficient (Wildman–Crippen LogP) is 1.81. The first-order valence-electron chi connectivity index (χ1n) is 3.26. The van der Waals surface area contributed by atoms with Crippen LogP contribution in [0.2, 0.25) is 0 Å². The van der Waals surface area contributed by atoms with Gasteiger partial charge in [0.2, 0.25) is 0 Å². The van der Waals surface area contributed by atoms with Gasteiger partial charge < -0.3 is 0 Å². The zero-order chi connectivity index (χ0) is 8.27. The smallest absolute Gasteiger partial charge is 0.195 e. The molecule has 2 nitrogen and oxygen atoms in total. The number of alkyl halides is 1. The van der Waals surface area contributed by atoms with Crippen LogP contribution in [0.15, 0.2) is 18.3 Å². The Kier molecular flexibility index (Phi) is 2.60. The number of halogens is 1. The molecule has 0 aromatic carbocycles. The fraction of sp³-hybridized carbons (Fsp3) is 0.250. The van der Waals surface area contributed by atoms with E-state index >= 15 is 0 Å². The van der Waals surface area contributed by atoms with Crippen LogP contribution in [0.3, 0.4) is 0 Å². The van der Waals surface area contributed by atoms with Crippen LogP contribution in [-0.2, 0) is 0 Å². The summed E-state index contributed by atoms with van der Waals surface area (Å²) >= 11 is 5.34. The molecule has 11 heavy (non-hydrogen) atoms. The molecular formula is C8H8ClNO. The average molecular weight is 170 g/mol. The summed E-state index contributed by atoms with van der Waals surface area (Å²) in [6, 6.07) is 3.52. The van der Waals surface area contributed by atoms with Crippen molar-refractivity contribution >= 4 is 17.4 Å². The lowest BCUT2D eigenvalue weighted by Gasteiger charge is -1.95. The molecule has 0 amide bonds. The van der Waals surface area contributed by atoms with E-state index in [0.717, 1.165) is 5.56 Å². The maximum absolute atomic E-state index is 10.9. The molecule has 0 saturated heterocycles. The third-order valence-electron chi connectivity index (χ3n) is 1.32. The number of nitrogens with zero attached hydrogens (tertiary/aromatic N) is 1. The summed E-state index contributed by atoms with van der Waals surface area (Å²) in [6.07, 6.45) is 1.65. The molecule has 0 N–H and O–H groups in total. The number of aromatic nitrogens is 1. The maximum atomic E-state index is 10.9. The Morgan fingerprint density at radius 3 is 2.82 bits per heavy atom. The lowest BCUT2D eigenvalue weighted by Crippen LogP contribution is -2.02. The molecular weight excluding hydrogens is 162 g/mol. The molecule has 0 unspecified atom stereocenters. The van der Waals surface area contributed by atoms with Gasteiger partial charge in [0.1, 0.15) is 5.69 Å². The van der Waals surface area contributed by atoms with Crippen LogP contribution in [0, 0.1) is 6.92 Å². The minimum Gasteiger partial charge on any atom is -0.291 e. The van der Waals surface area contributed by atoms with Gasteiger partial charge in [-0.1, -0.05) is 6.07 Å². The van der Waals surface area contributed by atoms with Crippen molar-refractivity contribution in [3.05, 3.63) is 29.6 Å². The molecule has 3 heteroatoms. The topological polar surface area (TPSA) is 30.0 Å². The second kappa shape index (κ2) is 3.49. The van der Waals surface area contributed by atoms with Crippen LogP contribution in [0.4, 0.5) is 0 Å². The Labute approximate surface area is 70.2 Å². The monoisotopic (exact) mass is 169 g/mol. The van der Waals surface area contributed by atoms with Gasteiger partial charge in [0.05, 0.1) is 5.88 Å².